The summed E-state index contributed by atoms with van der Waals surface area (Å²) in [5, 5.41) is 10.2. The Morgan fingerprint density at radius 1 is 1.09 bits per heavy atom. The highest BCUT2D eigenvalue weighted by Gasteiger charge is 2.56. The van der Waals surface area contributed by atoms with E-state index in [0.717, 1.165) is 30.6 Å². The average molecular weight is 315 g/mol. The van der Waals surface area contributed by atoms with Crippen molar-refractivity contribution in [2.75, 3.05) is 0 Å². The molecule has 1 N–H and O–H groups in total. The Balaban J connectivity index is 1.69. The molecule has 0 amide bonds. The predicted molar refractivity (Wildman–Crippen MR) is 96.1 cm³/mol. The van der Waals surface area contributed by atoms with E-state index in [0.29, 0.717) is 10.8 Å². The Kier molecular flexibility index (Phi) is 3.80. The number of rotatable bonds is 0. The maximum atomic E-state index is 10.2. The minimum Gasteiger partial charge on any atom is -0.393 e. The van der Waals surface area contributed by atoms with E-state index in [4.69, 9.17) is 0 Å². The molecule has 6 unspecified atom stereocenters. The second kappa shape index (κ2) is 5.48. The maximum absolute atomic E-state index is 10.2. The standard InChI is InChI=1S/C22H34O/c1-4-15-8-10-19-18-9-7-16-14-17(23)6-5-12-21(16,2)20(18)11-13-22(15,19)3/h4,7,17-20,23H,5-6,8-14H2,1-3H3/b15-4-. The summed E-state index contributed by atoms with van der Waals surface area (Å²) in [4.78, 5) is 0. The lowest BCUT2D eigenvalue weighted by atomic mass is 9.49. The van der Waals surface area contributed by atoms with Crippen molar-refractivity contribution < 1.29 is 5.11 Å². The first-order valence-electron chi connectivity index (χ1n) is 10.0. The van der Waals surface area contributed by atoms with Crippen LogP contribution in [-0.4, -0.2) is 11.2 Å². The summed E-state index contributed by atoms with van der Waals surface area (Å²) >= 11 is 0. The number of hydrogen-bond donors (Lipinski definition) is 1. The Hall–Kier alpha value is -0.560. The normalized spacial score (nSPS) is 51.5. The molecule has 0 aromatic carbocycles. The molecule has 0 radical (unpaired) electrons. The summed E-state index contributed by atoms with van der Waals surface area (Å²) in [6, 6.07) is 0. The number of fused-ring (bicyclic) bond motifs is 5. The minimum absolute atomic E-state index is 0.0883. The molecular weight excluding hydrogens is 280 g/mol. The van der Waals surface area contributed by atoms with Gasteiger partial charge in [0, 0.05) is 0 Å². The molecule has 4 rings (SSSR count). The fourth-order valence-electron chi connectivity index (χ4n) is 7.20. The summed E-state index contributed by atoms with van der Waals surface area (Å²) in [7, 11) is 0. The third-order valence-electron chi connectivity index (χ3n) is 8.51. The van der Waals surface area contributed by atoms with Gasteiger partial charge in [-0.15, -0.1) is 0 Å². The molecule has 4 aliphatic carbocycles. The van der Waals surface area contributed by atoms with E-state index in [1.54, 1.807) is 11.1 Å². The molecule has 4 aliphatic rings. The highest BCUT2D eigenvalue weighted by molar-refractivity contribution is 5.28. The van der Waals surface area contributed by atoms with Gasteiger partial charge >= 0.3 is 0 Å². The van der Waals surface area contributed by atoms with E-state index >= 15 is 0 Å². The summed E-state index contributed by atoms with van der Waals surface area (Å²) in [6.07, 6.45) is 16.2. The van der Waals surface area contributed by atoms with Crippen molar-refractivity contribution in [3.05, 3.63) is 23.3 Å². The lowest BCUT2D eigenvalue weighted by Crippen LogP contribution is -2.47. The van der Waals surface area contributed by atoms with Gasteiger partial charge in [0.2, 0.25) is 0 Å². The van der Waals surface area contributed by atoms with Crippen LogP contribution in [0.5, 0.6) is 0 Å². The van der Waals surface area contributed by atoms with E-state index in [2.05, 4.69) is 32.9 Å². The van der Waals surface area contributed by atoms with Gasteiger partial charge in [-0.1, -0.05) is 37.1 Å². The molecule has 0 aromatic rings. The minimum atomic E-state index is -0.0883. The zero-order chi connectivity index (χ0) is 16.2. The van der Waals surface area contributed by atoms with Crippen molar-refractivity contribution in [2.45, 2.75) is 84.7 Å². The molecule has 6 atom stereocenters. The van der Waals surface area contributed by atoms with Crippen LogP contribution >= 0.6 is 0 Å². The van der Waals surface area contributed by atoms with Gasteiger partial charge in [0.15, 0.2) is 0 Å². The zero-order valence-electron chi connectivity index (χ0n) is 15.3. The molecule has 0 aromatic heterocycles. The van der Waals surface area contributed by atoms with Crippen molar-refractivity contribution in [1.82, 2.24) is 0 Å². The molecule has 0 heterocycles. The molecule has 23 heavy (non-hydrogen) atoms. The Morgan fingerprint density at radius 2 is 1.87 bits per heavy atom. The Bertz CT molecular complexity index is 544. The third-order valence-corrected chi connectivity index (χ3v) is 8.51. The van der Waals surface area contributed by atoms with Crippen LogP contribution < -0.4 is 0 Å². The highest BCUT2D eigenvalue weighted by Crippen LogP contribution is 2.65. The first kappa shape index (κ1) is 15.9. The van der Waals surface area contributed by atoms with Gasteiger partial charge in [0.1, 0.15) is 0 Å². The first-order valence-corrected chi connectivity index (χ1v) is 10.0. The monoisotopic (exact) mass is 314 g/mol. The molecule has 1 heteroatoms. The van der Waals surface area contributed by atoms with Gasteiger partial charge in [0.05, 0.1) is 6.10 Å². The number of allylic oxidation sites excluding steroid dienone is 3. The van der Waals surface area contributed by atoms with Crippen LogP contribution in [0.1, 0.15) is 78.6 Å². The van der Waals surface area contributed by atoms with E-state index in [-0.39, 0.29) is 6.10 Å². The second-order valence-corrected chi connectivity index (χ2v) is 9.32. The van der Waals surface area contributed by atoms with Crippen molar-refractivity contribution in [2.24, 2.45) is 28.6 Å². The van der Waals surface area contributed by atoms with Crippen LogP contribution in [0.25, 0.3) is 0 Å². The molecule has 1 nitrogen and oxygen atoms in total. The fraction of sp³-hybridized carbons (Fsp3) is 0.818. The summed E-state index contributed by atoms with van der Waals surface area (Å²) in [5.74, 6) is 2.65. The molecule has 0 saturated heterocycles. The van der Waals surface area contributed by atoms with Crippen LogP contribution in [0, 0.1) is 28.6 Å². The smallest absolute Gasteiger partial charge is 0.0577 e. The zero-order valence-corrected chi connectivity index (χ0v) is 15.3. The summed E-state index contributed by atoms with van der Waals surface area (Å²) in [5.41, 5.74) is 4.22. The largest absolute Gasteiger partial charge is 0.393 e. The predicted octanol–water partition coefficient (Wildman–Crippen LogP) is 5.65. The van der Waals surface area contributed by atoms with Gasteiger partial charge in [-0.25, -0.2) is 0 Å². The fourth-order valence-corrected chi connectivity index (χ4v) is 7.20. The Morgan fingerprint density at radius 3 is 2.65 bits per heavy atom. The molecule has 0 aliphatic heterocycles. The summed E-state index contributed by atoms with van der Waals surface area (Å²) < 4.78 is 0. The van der Waals surface area contributed by atoms with Gasteiger partial charge in [-0.2, -0.15) is 0 Å². The molecule has 0 spiro atoms. The lowest BCUT2D eigenvalue weighted by Gasteiger charge is -2.55. The average Bonchev–Trinajstić information content (AvgIpc) is 2.78. The first-order chi connectivity index (χ1) is 11.0. The number of aliphatic hydroxyl groups excluding tert-OH is 1. The molecule has 3 fully saturated rings. The highest BCUT2D eigenvalue weighted by atomic mass is 16.3. The number of hydrogen-bond acceptors (Lipinski definition) is 1. The van der Waals surface area contributed by atoms with Crippen molar-refractivity contribution in [3.63, 3.8) is 0 Å². The van der Waals surface area contributed by atoms with E-state index in [1.165, 1.54) is 44.9 Å². The molecule has 0 bridgehead atoms. The van der Waals surface area contributed by atoms with Crippen LogP contribution in [0.3, 0.4) is 0 Å². The van der Waals surface area contributed by atoms with Gasteiger partial charge in [-0.3, -0.25) is 0 Å². The van der Waals surface area contributed by atoms with Gasteiger partial charge < -0.3 is 5.11 Å². The topological polar surface area (TPSA) is 20.2 Å². The summed E-state index contributed by atoms with van der Waals surface area (Å²) in [6.45, 7) is 7.36. The maximum Gasteiger partial charge on any atom is 0.0577 e. The van der Waals surface area contributed by atoms with Gasteiger partial charge in [-0.05, 0) is 93.3 Å². The van der Waals surface area contributed by atoms with E-state index < -0.39 is 0 Å². The quantitative estimate of drug-likeness (QED) is 0.573. The SMILES string of the molecule is C/C=C1/CCC2C3CC=C4CC(O)CCCC4(C)C3CCC12C. The third kappa shape index (κ3) is 2.22. The molecular formula is C22H34O. The van der Waals surface area contributed by atoms with Crippen LogP contribution in [0.15, 0.2) is 23.3 Å². The van der Waals surface area contributed by atoms with Crippen molar-refractivity contribution in [1.29, 1.82) is 0 Å². The molecule has 3 saturated carbocycles. The van der Waals surface area contributed by atoms with Crippen molar-refractivity contribution in [3.8, 4) is 0 Å². The van der Waals surface area contributed by atoms with Crippen LogP contribution in [0.4, 0.5) is 0 Å². The van der Waals surface area contributed by atoms with E-state index in [9.17, 15) is 5.11 Å². The van der Waals surface area contributed by atoms with Crippen LogP contribution in [0.2, 0.25) is 0 Å². The van der Waals surface area contributed by atoms with Crippen molar-refractivity contribution >= 4 is 0 Å². The second-order valence-electron chi connectivity index (χ2n) is 9.32. The van der Waals surface area contributed by atoms with Crippen LogP contribution in [-0.2, 0) is 0 Å². The van der Waals surface area contributed by atoms with E-state index in [1.807, 2.05) is 0 Å². The molecule has 128 valence electrons. The lowest BCUT2D eigenvalue weighted by molar-refractivity contribution is -0.00753. The number of aliphatic hydroxyl groups is 1. The van der Waals surface area contributed by atoms with Gasteiger partial charge in [0.25, 0.3) is 0 Å². The Labute approximate surface area is 142 Å².